The van der Waals surface area contributed by atoms with E-state index in [1.54, 1.807) is 24.3 Å². The fraction of sp³-hybridized carbons (Fsp3) is 0.360. The number of ether oxygens (including phenoxy) is 4. The van der Waals surface area contributed by atoms with Crippen molar-refractivity contribution in [1.29, 1.82) is 0 Å². The van der Waals surface area contributed by atoms with Crippen molar-refractivity contribution in [3.05, 3.63) is 59.7 Å². The number of benzene rings is 2. The summed E-state index contributed by atoms with van der Waals surface area (Å²) in [5.41, 5.74) is 0.635. The predicted molar refractivity (Wildman–Crippen MR) is 121 cm³/mol. The first-order valence-electron chi connectivity index (χ1n) is 10.9. The number of carbonyl (C=O) groups excluding carboxylic acids is 4. The minimum atomic E-state index is -0.591. The number of rotatable bonds is 7. The van der Waals surface area contributed by atoms with Crippen molar-refractivity contribution >= 4 is 39.6 Å². The zero-order valence-corrected chi connectivity index (χ0v) is 19.7. The van der Waals surface area contributed by atoms with Gasteiger partial charge in [-0.1, -0.05) is 22.0 Å². The van der Waals surface area contributed by atoms with E-state index in [2.05, 4.69) is 15.9 Å². The summed E-state index contributed by atoms with van der Waals surface area (Å²) in [7, 11) is 1.51. The van der Waals surface area contributed by atoms with Gasteiger partial charge in [-0.15, -0.1) is 0 Å². The lowest BCUT2D eigenvalue weighted by atomic mass is 9.80. The number of Topliss-reactive ketones (excluding diaryl/α,β-unsaturated/α-hetero) is 1. The van der Waals surface area contributed by atoms with E-state index in [1.807, 2.05) is 0 Å². The van der Waals surface area contributed by atoms with Gasteiger partial charge in [0.25, 0.3) is 0 Å². The first kappa shape index (κ1) is 22.6. The molecule has 34 heavy (non-hydrogen) atoms. The molecule has 1 heterocycles. The molecular weight excluding hydrogens is 508 g/mol. The highest BCUT2D eigenvalue weighted by Crippen LogP contribution is 2.60. The SMILES string of the molecule is COc1cccc(C(=O)Oc2ccc(C(=O)COC(=O)[C@@H]3[C@H]4C[C@H]5[C@H](OC(=O)[C@H]53)[C@@H]4Br)cc2)c1. The van der Waals surface area contributed by atoms with Crippen LogP contribution in [0, 0.1) is 23.7 Å². The molecule has 6 atom stereocenters. The van der Waals surface area contributed by atoms with E-state index in [4.69, 9.17) is 18.9 Å². The molecule has 5 rings (SSSR count). The van der Waals surface area contributed by atoms with Gasteiger partial charge in [0.05, 0.1) is 29.3 Å². The molecule has 0 radical (unpaired) electrons. The van der Waals surface area contributed by atoms with Gasteiger partial charge in [0.2, 0.25) is 0 Å². The number of esters is 3. The maximum atomic E-state index is 12.7. The van der Waals surface area contributed by atoms with Crippen LogP contribution in [0.25, 0.3) is 0 Å². The van der Waals surface area contributed by atoms with Gasteiger partial charge in [-0.2, -0.15) is 0 Å². The van der Waals surface area contributed by atoms with E-state index < -0.39 is 36.2 Å². The molecule has 0 amide bonds. The Bertz CT molecular complexity index is 1160. The maximum absolute atomic E-state index is 12.7. The quantitative estimate of drug-likeness (QED) is 0.233. The van der Waals surface area contributed by atoms with Crippen LogP contribution in [0.3, 0.4) is 0 Å². The van der Waals surface area contributed by atoms with Crippen LogP contribution in [0.5, 0.6) is 11.5 Å². The van der Waals surface area contributed by atoms with Crippen molar-refractivity contribution in [3.63, 3.8) is 0 Å². The molecular formula is C25H21BrO8. The number of alkyl halides is 1. The number of methoxy groups -OCH3 is 1. The van der Waals surface area contributed by atoms with Crippen molar-refractivity contribution in [2.75, 3.05) is 13.7 Å². The molecule has 0 aromatic heterocycles. The summed E-state index contributed by atoms with van der Waals surface area (Å²) in [5, 5.41) is 0. The third-order valence-electron chi connectivity index (χ3n) is 6.83. The van der Waals surface area contributed by atoms with Crippen LogP contribution >= 0.6 is 15.9 Å². The molecule has 1 saturated heterocycles. The van der Waals surface area contributed by atoms with E-state index in [0.717, 1.165) is 6.42 Å². The molecule has 2 saturated carbocycles. The van der Waals surface area contributed by atoms with Gasteiger partial charge in [0.15, 0.2) is 12.4 Å². The average molecular weight is 529 g/mol. The highest BCUT2D eigenvalue weighted by atomic mass is 79.9. The minimum Gasteiger partial charge on any atom is -0.497 e. The number of halogens is 1. The number of hydrogen-bond donors (Lipinski definition) is 0. The van der Waals surface area contributed by atoms with E-state index in [-0.39, 0.29) is 34.5 Å². The summed E-state index contributed by atoms with van der Waals surface area (Å²) in [6.45, 7) is -0.437. The average Bonchev–Trinajstić information content (AvgIpc) is 3.47. The second-order valence-corrected chi connectivity index (χ2v) is 9.69. The van der Waals surface area contributed by atoms with E-state index >= 15 is 0 Å². The Morgan fingerprint density at radius 2 is 1.79 bits per heavy atom. The first-order chi connectivity index (χ1) is 16.4. The summed E-state index contributed by atoms with van der Waals surface area (Å²) < 4.78 is 21.1. The second kappa shape index (κ2) is 8.87. The van der Waals surface area contributed by atoms with Crippen molar-refractivity contribution in [3.8, 4) is 11.5 Å². The fourth-order valence-corrected chi connectivity index (χ4v) is 6.28. The topological polar surface area (TPSA) is 105 Å². The van der Waals surface area contributed by atoms with Crippen LogP contribution in [0.15, 0.2) is 48.5 Å². The van der Waals surface area contributed by atoms with Crippen LogP contribution in [-0.4, -0.2) is 48.3 Å². The number of ketones is 1. The highest BCUT2D eigenvalue weighted by molar-refractivity contribution is 9.09. The lowest BCUT2D eigenvalue weighted by Crippen LogP contribution is -2.39. The summed E-state index contributed by atoms with van der Waals surface area (Å²) in [6, 6.07) is 12.5. The Labute approximate surface area is 203 Å². The van der Waals surface area contributed by atoms with Crippen LogP contribution in [0.4, 0.5) is 0 Å². The highest BCUT2D eigenvalue weighted by Gasteiger charge is 2.68. The van der Waals surface area contributed by atoms with Crippen LogP contribution in [-0.2, 0) is 19.1 Å². The van der Waals surface area contributed by atoms with Crippen LogP contribution < -0.4 is 9.47 Å². The summed E-state index contributed by atoms with van der Waals surface area (Å²) in [6.07, 6.45) is 0.561. The van der Waals surface area contributed by atoms with Crippen molar-refractivity contribution in [2.24, 2.45) is 23.7 Å². The number of fused-ring (bicyclic) bond motifs is 1. The third-order valence-corrected chi connectivity index (χ3v) is 8.03. The van der Waals surface area contributed by atoms with Crippen molar-refractivity contribution < 1.29 is 38.1 Å². The molecule has 2 bridgehead atoms. The first-order valence-corrected chi connectivity index (χ1v) is 11.8. The number of carbonyl (C=O) groups is 4. The molecule has 1 aliphatic heterocycles. The molecule has 0 unspecified atom stereocenters. The molecule has 2 aromatic rings. The Morgan fingerprint density at radius 3 is 2.53 bits per heavy atom. The van der Waals surface area contributed by atoms with E-state index in [9.17, 15) is 19.2 Å². The summed E-state index contributed by atoms with van der Waals surface area (Å²) >= 11 is 3.55. The zero-order valence-electron chi connectivity index (χ0n) is 18.1. The Balaban J connectivity index is 1.17. The van der Waals surface area contributed by atoms with Gasteiger partial charge in [-0.3, -0.25) is 14.4 Å². The summed E-state index contributed by atoms with van der Waals surface area (Å²) in [5.74, 6) is -2.14. The smallest absolute Gasteiger partial charge is 0.343 e. The Hall–Kier alpha value is -3.20. The van der Waals surface area contributed by atoms with E-state index in [1.165, 1.54) is 31.4 Å². The largest absolute Gasteiger partial charge is 0.497 e. The van der Waals surface area contributed by atoms with Crippen LogP contribution in [0.1, 0.15) is 27.1 Å². The molecule has 2 aromatic carbocycles. The molecule has 176 valence electrons. The van der Waals surface area contributed by atoms with Gasteiger partial charge in [-0.05, 0) is 54.8 Å². The lowest BCUT2D eigenvalue weighted by molar-refractivity contribution is -0.154. The van der Waals surface area contributed by atoms with Crippen LogP contribution in [0.2, 0.25) is 0 Å². The van der Waals surface area contributed by atoms with Gasteiger partial charge >= 0.3 is 17.9 Å². The lowest BCUT2D eigenvalue weighted by Gasteiger charge is -2.26. The summed E-state index contributed by atoms with van der Waals surface area (Å²) in [4.78, 5) is 49.7. The maximum Gasteiger partial charge on any atom is 0.343 e. The third kappa shape index (κ3) is 3.87. The Morgan fingerprint density at radius 1 is 1.03 bits per heavy atom. The second-order valence-electron chi connectivity index (χ2n) is 8.64. The van der Waals surface area contributed by atoms with Gasteiger partial charge < -0.3 is 18.9 Å². The molecule has 3 aliphatic rings. The molecule has 0 N–H and O–H groups in total. The van der Waals surface area contributed by atoms with Crippen molar-refractivity contribution in [2.45, 2.75) is 17.4 Å². The fourth-order valence-electron chi connectivity index (χ4n) is 5.24. The zero-order chi connectivity index (χ0) is 24.0. The predicted octanol–water partition coefficient (Wildman–Crippen LogP) is 3.21. The normalized spacial score (nSPS) is 28.4. The van der Waals surface area contributed by atoms with E-state index in [0.29, 0.717) is 16.9 Å². The van der Waals surface area contributed by atoms with Gasteiger partial charge in [0, 0.05) is 11.5 Å². The monoisotopic (exact) mass is 528 g/mol. The molecule has 8 nitrogen and oxygen atoms in total. The molecule has 2 aliphatic carbocycles. The molecule has 9 heteroatoms. The number of hydrogen-bond acceptors (Lipinski definition) is 8. The Kier molecular flexibility index (Phi) is 5.89. The minimum absolute atomic E-state index is 0.0300. The van der Waals surface area contributed by atoms with Gasteiger partial charge in [-0.25, -0.2) is 4.79 Å². The molecule has 3 fully saturated rings. The van der Waals surface area contributed by atoms with Crippen molar-refractivity contribution in [1.82, 2.24) is 0 Å². The molecule has 0 spiro atoms. The standard InChI is InChI=1S/C25H21BrO8/c1-31-15-4-2-3-13(9-15)23(28)33-14-7-5-12(6-8-14)18(27)11-32-24(29)19-16-10-17-20(19)25(30)34-22(17)21(16)26/h2-9,16-17,19-22H,10-11H2,1H3/t16-,17-,19-,20-,21-,22+/m1/s1. The van der Waals surface area contributed by atoms with Gasteiger partial charge in [0.1, 0.15) is 17.6 Å².